The fraction of sp³-hybridized carbons (Fsp3) is 0.318. The van der Waals surface area contributed by atoms with Gasteiger partial charge in [-0.15, -0.1) is 11.3 Å². The van der Waals surface area contributed by atoms with E-state index in [0.717, 1.165) is 49.8 Å². The molecule has 1 aliphatic rings. The van der Waals surface area contributed by atoms with Gasteiger partial charge >= 0.3 is 0 Å². The molecular weight excluding hydrogens is 384 g/mol. The molecule has 2 aromatic carbocycles. The van der Waals surface area contributed by atoms with Gasteiger partial charge < -0.3 is 4.90 Å². The number of thiazole rings is 1. The van der Waals surface area contributed by atoms with Gasteiger partial charge in [-0.05, 0) is 18.1 Å². The minimum atomic E-state index is -0.300. The molecule has 0 unspecified atom stereocenters. The van der Waals surface area contributed by atoms with Crippen molar-refractivity contribution in [2.75, 3.05) is 31.1 Å². The molecule has 1 saturated heterocycles. The molecule has 0 saturated carbocycles. The van der Waals surface area contributed by atoms with Gasteiger partial charge in [0.2, 0.25) is 0 Å². The van der Waals surface area contributed by atoms with E-state index in [1.54, 1.807) is 23.5 Å². The Kier molecular flexibility index (Phi) is 5.87. The fourth-order valence-corrected chi connectivity index (χ4v) is 4.47. The van der Waals surface area contributed by atoms with Crippen LogP contribution in [-0.4, -0.2) is 41.0 Å². The van der Waals surface area contributed by atoms with Crippen LogP contribution in [0.3, 0.4) is 0 Å². The number of piperazine rings is 1. The topological polar surface area (TPSA) is 62.5 Å². The highest BCUT2D eigenvalue weighted by Gasteiger charge is 2.23. The number of rotatable bonds is 6. The molecule has 6 nitrogen and oxygen atoms in total. The Labute approximate surface area is 174 Å². The van der Waals surface area contributed by atoms with Gasteiger partial charge in [-0.3, -0.25) is 15.0 Å². The van der Waals surface area contributed by atoms with Crippen LogP contribution in [0.15, 0.2) is 53.9 Å². The minimum absolute atomic E-state index is 0.180. The summed E-state index contributed by atoms with van der Waals surface area (Å²) in [5, 5.41) is 14.5. The minimum Gasteiger partial charge on any atom is -0.363 e. The summed E-state index contributed by atoms with van der Waals surface area (Å²) in [6, 6.07) is 15.6. The molecule has 0 aliphatic carbocycles. The number of para-hydroxylation sites is 2. The molecule has 29 heavy (non-hydrogen) atoms. The van der Waals surface area contributed by atoms with E-state index in [1.807, 2.05) is 12.1 Å². The van der Waals surface area contributed by atoms with Gasteiger partial charge in [0, 0.05) is 49.7 Å². The van der Waals surface area contributed by atoms with Crippen LogP contribution < -0.4 is 4.90 Å². The molecule has 0 amide bonds. The second-order valence-electron chi connectivity index (χ2n) is 7.20. The third-order valence-electron chi connectivity index (χ3n) is 5.34. The van der Waals surface area contributed by atoms with Crippen LogP contribution in [0, 0.1) is 10.1 Å². The Bertz CT molecular complexity index is 978. The lowest BCUT2D eigenvalue weighted by molar-refractivity contribution is -0.384. The number of hydrogen-bond donors (Lipinski definition) is 0. The first-order valence-electron chi connectivity index (χ1n) is 9.88. The van der Waals surface area contributed by atoms with E-state index in [9.17, 15) is 10.1 Å². The van der Waals surface area contributed by atoms with E-state index in [0.29, 0.717) is 5.69 Å². The Morgan fingerprint density at radius 2 is 1.79 bits per heavy atom. The summed E-state index contributed by atoms with van der Waals surface area (Å²) in [6.45, 7) is 6.26. The van der Waals surface area contributed by atoms with E-state index in [-0.39, 0.29) is 10.6 Å². The summed E-state index contributed by atoms with van der Waals surface area (Å²) in [5.41, 5.74) is 4.48. The summed E-state index contributed by atoms with van der Waals surface area (Å²) < 4.78 is 0. The number of anilines is 1. The first kappa shape index (κ1) is 19.5. The summed E-state index contributed by atoms with van der Waals surface area (Å²) in [5.74, 6) is 0. The number of benzene rings is 2. The van der Waals surface area contributed by atoms with Gasteiger partial charge in [-0.2, -0.15) is 0 Å². The highest BCUT2D eigenvalue weighted by molar-refractivity contribution is 7.13. The lowest BCUT2D eigenvalue weighted by Gasteiger charge is -2.35. The van der Waals surface area contributed by atoms with E-state index < -0.39 is 0 Å². The SMILES string of the molecule is CCc1ccc(-c2nc(CN3CCN(c4ccccc4[N+](=O)[O-])CC3)cs2)cc1. The van der Waals surface area contributed by atoms with E-state index >= 15 is 0 Å². The molecule has 0 radical (unpaired) electrons. The third kappa shape index (κ3) is 4.46. The molecule has 2 heterocycles. The maximum atomic E-state index is 11.3. The Morgan fingerprint density at radius 3 is 2.48 bits per heavy atom. The lowest BCUT2D eigenvalue weighted by atomic mass is 10.1. The number of nitro benzene ring substituents is 1. The predicted octanol–water partition coefficient (Wildman–Crippen LogP) is 4.60. The molecule has 1 aliphatic heterocycles. The predicted molar refractivity (Wildman–Crippen MR) is 118 cm³/mol. The van der Waals surface area contributed by atoms with Gasteiger partial charge in [-0.25, -0.2) is 4.98 Å². The molecule has 1 aromatic heterocycles. The largest absolute Gasteiger partial charge is 0.363 e. The van der Waals surface area contributed by atoms with Crippen LogP contribution in [0.5, 0.6) is 0 Å². The fourth-order valence-electron chi connectivity index (χ4n) is 3.66. The van der Waals surface area contributed by atoms with Crippen LogP contribution in [0.1, 0.15) is 18.2 Å². The molecule has 4 rings (SSSR count). The second kappa shape index (κ2) is 8.71. The van der Waals surface area contributed by atoms with Crippen molar-refractivity contribution in [2.45, 2.75) is 19.9 Å². The van der Waals surface area contributed by atoms with Crippen molar-refractivity contribution in [2.24, 2.45) is 0 Å². The average Bonchev–Trinajstić information content (AvgIpc) is 3.23. The Morgan fingerprint density at radius 1 is 1.07 bits per heavy atom. The third-order valence-corrected chi connectivity index (χ3v) is 6.28. The number of aryl methyl sites for hydroxylation is 1. The number of aromatic nitrogens is 1. The van der Waals surface area contributed by atoms with Crippen molar-refractivity contribution in [1.29, 1.82) is 0 Å². The standard InChI is InChI=1S/C22H24N4O2S/c1-2-17-7-9-18(10-8-17)22-23-19(16-29-22)15-24-11-13-25(14-12-24)20-5-3-4-6-21(20)26(27)28/h3-10,16H,2,11-15H2,1H3. The molecule has 0 spiro atoms. The van der Waals surface area contributed by atoms with Gasteiger partial charge in [0.25, 0.3) is 5.69 Å². The monoisotopic (exact) mass is 408 g/mol. The smallest absolute Gasteiger partial charge is 0.292 e. The van der Waals surface area contributed by atoms with Crippen LogP contribution in [0.2, 0.25) is 0 Å². The number of hydrogen-bond acceptors (Lipinski definition) is 6. The normalized spacial score (nSPS) is 14.9. The molecule has 7 heteroatoms. The maximum Gasteiger partial charge on any atom is 0.292 e. The van der Waals surface area contributed by atoms with Crippen LogP contribution in [0.4, 0.5) is 11.4 Å². The van der Waals surface area contributed by atoms with Crippen molar-refractivity contribution in [3.8, 4) is 10.6 Å². The summed E-state index contributed by atoms with van der Waals surface area (Å²) in [4.78, 5) is 20.3. The molecular formula is C22H24N4O2S. The molecule has 0 bridgehead atoms. The van der Waals surface area contributed by atoms with Gasteiger partial charge in [0.15, 0.2) is 0 Å². The Hall–Kier alpha value is -2.77. The first-order valence-corrected chi connectivity index (χ1v) is 10.8. The second-order valence-corrected chi connectivity index (χ2v) is 8.06. The molecule has 0 N–H and O–H groups in total. The van der Waals surface area contributed by atoms with Gasteiger partial charge in [-0.1, -0.05) is 43.3 Å². The quantitative estimate of drug-likeness (QED) is 0.440. The van der Waals surface area contributed by atoms with Crippen molar-refractivity contribution < 1.29 is 4.92 Å². The highest BCUT2D eigenvalue weighted by Crippen LogP contribution is 2.29. The van der Waals surface area contributed by atoms with Crippen molar-refractivity contribution in [1.82, 2.24) is 9.88 Å². The van der Waals surface area contributed by atoms with E-state index in [4.69, 9.17) is 4.98 Å². The lowest BCUT2D eigenvalue weighted by Crippen LogP contribution is -2.46. The zero-order valence-corrected chi connectivity index (χ0v) is 17.3. The summed E-state index contributed by atoms with van der Waals surface area (Å²) in [6.07, 6.45) is 1.04. The molecule has 150 valence electrons. The summed E-state index contributed by atoms with van der Waals surface area (Å²) >= 11 is 1.68. The zero-order valence-electron chi connectivity index (χ0n) is 16.5. The van der Waals surface area contributed by atoms with Gasteiger partial charge in [0.1, 0.15) is 10.7 Å². The first-order chi connectivity index (χ1) is 14.1. The van der Waals surface area contributed by atoms with Gasteiger partial charge in [0.05, 0.1) is 10.6 Å². The maximum absolute atomic E-state index is 11.3. The summed E-state index contributed by atoms with van der Waals surface area (Å²) in [7, 11) is 0. The highest BCUT2D eigenvalue weighted by atomic mass is 32.1. The van der Waals surface area contributed by atoms with Crippen molar-refractivity contribution in [3.63, 3.8) is 0 Å². The van der Waals surface area contributed by atoms with Crippen LogP contribution >= 0.6 is 11.3 Å². The van der Waals surface area contributed by atoms with E-state index in [1.165, 1.54) is 11.1 Å². The molecule has 1 fully saturated rings. The van der Waals surface area contributed by atoms with Crippen molar-refractivity contribution >= 4 is 22.7 Å². The number of nitro groups is 1. The van der Waals surface area contributed by atoms with E-state index in [2.05, 4.69) is 46.4 Å². The Balaban J connectivity index is 1.37. The van der Waals surface area contributed by atoms with Crippen LogP contribution in [-0.2, 0) is 13.0 Å². The van der Waals surface area contributed by atoms with Crippen LogP contribution in [0.25, 0.3) is 10.6 Å². The molecule has 3 aromatic rings. The zero-order chi connectivity index (χ0) is 20.2. The van der Waals surface area contributed by atoms with Crippen molar-refractivity contribution in [3.05, 3.63) is 75.3 Å². The number of nitrogens with zero attached hydrogens (tertiary/aromatic N) is 4. The average molecular weight is 409 g/mol. The molecule has 0 atom stereocenters.